The van der Waals surface area contributed by atoms with Crippen LogP contribution in [-0.2, 0) is 16.1 Å². The van der Waals surface area contributed by atoms with E-state index in [0.29, 0.717) is 29.6 Å². The monoisotopic (exact) mass is 348 g/mol. The number of aromatic nitrogens is 3. The van der Waals surface area contributed by atoms with Crippen LogP contribution in [0.3, 0.4) is 0 Å². The summed E-state index contributed by atoms with van der Waals surface area (Å²) in [6.07, 6.45) is 0. The number of ether oxygens (including phenoxy) is 1. The Hall–Kier alpha value is -2.19. The minimum absolute atomic E-state index is 0.00537. The number of benzene rings is 1. The van der Waals surface area contributed by atoms with Gasteiger partial charge in [0.25, 0.3) is 0 Å². The molecule has 0 aliphatic heterocycles. The number of methoxy groups -OCH3 is 1. The van der Waals surface area contributed by atoms with E-state index >= 15 is 0 Å². The number of carbonyl (C=O) groups is 2. The lowest BCUT2D eigenvalue weighted by Gasteiger charge is -2.08. The van der Waals surface area contributed by atoms with Crippen molar-refractivity contribution >= 4 is 29.1 Å². The first kappa shape index (κ1) is 18.2. The lowest BCUT2D eigenvalue weighted by molar-refractivity contribution is -0.113. The molecule has 7 nitrogen and oxygen atoms in total. The summed E-state index contributed by atoms with van der Waals surface area (Å²) in [6, 6.07) is 6.81. The molecule has 0 spiro atoms. The zero-order valence-corrected chi connectivity index (χ0v) is 14.7. The van der Waals surface area contributed by atoms with Crippen LogP contribution in [0.15, 0.2) is 29.4 Å². The highest BCUT2D eigenvalue weighted by Crippen LogP contribution is 2.17. The molecule has 2 aromatic rings. The van der Waals surface area contributed by atoms with Crippen LogP contribution in [-0.4, -0.2) is 45.9 Å². The molecule has 1 amide bonds. The molecule has 1 aromatic carbocycles. The summed E-state index contributed by atoms with van der Waals surface area (Å²) in [5.41, 5.74) is 1.27. The molecule has 0 bridgehead atoms. The summed E-state index contributed by atoms with van der Waals surface area (Å²) in [7, 11) is 1.64. The fourth-order valence-corrected chi connectivity index (χ4v) is 2.83. The van der Waals surface area contributed by atoms with Crippen molar-refractivity contribution < 1.29 is 14.3 Å². The topological polar surface area (TPSA) is 86.1 Å². The van der Waals surface area contributed by atoms with Crippen molar-refractivity contribution in [1.29, 1.82) is 0 Å². The van der Waals surface area contributed by atoms with Gasteiger partial charge in [0.15, 0.2) is 10.9 Å². The van der Waals surface area contributed by atoms with Gasteiger partial charge < -0.3 is 14.6 Å². The number of anilines is 1. The molecule has 0 aliphatic rings. The molecule has 0 unspecified atom stereocenters. The average Bonchev–Trinajstić information content (AvgIpc) is 2.91. The largest absolute Gasteiger partial charge is 0.383 e. The molecule has 0 aliphatic carbocycles. The van der Waals surface area contributed by atoms with E-state index in [-0.39, 0.29) is 17.4 Å². The third kappa shape index (κ3) is 4.90. The van der Waals surface area contributed by atoms with Crippen LogP contribution in [0, 0.1) is 6.92 Å². The number of ketones is 1. The van der Waals surface area contributed by atoms with E-state index in [1.165, 1.54) is 18.7 Å². The lowest BCUT2D eigenvalue weighted by atomic mass is 10.1. The fourth-order valence-electron chi connectivity index (χ4n) is 2.02. The van der Waals surface area contributed by atoms with Crippen LogP contribution < -0.4 is 5.32 Å². The van der Waals surface area contributed by atoms with Crippen LogP contribution >= 0.6 is 11.8 Å². The Kier molecular flexibility index (Phi) is 6.51. The molecule has 0 atom stereocenters. The van der Waals surface area contributed by atoms with Crippen LogP contribution in [0.25, 0.3) is 0 Å². The highest BCUT2D eigenvalue weighted by molar-refractivity contribution is 7.99. The van der Waals surface area contributed by atoms with E-state index in [1.807, 2.05) is 11.5 Å². The molecule has 1 heterocycles. The number of thioether (sulfide) groups is 1. The predicted octanol–water partition coefficient (Wildman–Crippen LogP) is 2.17. The number of carbonyl (C=O) groups excluding carboxylic acids is 2. The fraction of sp³-hybridized carbons (Fsp3) is 0.375. The van der Waals surface area contributed by atoms with E-state index in [9.17, 15) is 9.59 Å². The van der Waals surface area contributed by atoms with Gasteiger partial charge in [-0.05, 0) is 38.1 Å². The molecule has 128 valence electrons. The van der Waals surface area contributed by atoms with Crippen LogP contribution in [0.5, 0.6) is 0 Å². The molecular weight excluding hydrogens is 328 g/mol. The van der Waals surface area contributed by atoms with Crippen LogP contribution in [0.2, 0.25) is 0 Å². The van der Waals surface area contributed by atoms with Crippen molar-refractivity contribution in [3.05, 3.63) is 35.7 Å². The third-order valence-electron chi connectivity index (χ3n) is 3.33. The maximum atomic E-state index is 12.1. The van der Waals surface area contributed by atoms with E-state index in [1.54, 1.807) is 31.4 Å². The summed E-state index contributed by atoms with van der Waals surface area (Å²) in [6.45, 7) is 4.57. The summed E-state index contributed by atoms with van der Waals surface area (Å²) in [5.74, 6) is 0.859. The third-order valence-corrected chi connectivity index (χ3v) is 4.30. The molecule has 0 fully saturated rings. The molecule has 8 heteroatoms. The Labute approximate surface area is 144 Å². The van der Waals surface area contributed by atoms with Crippen LogP contribution in [0.1, 0.15) is 23.1 Å². The summed E-state index contributed by atoms with van der Waals surface area (Å²) < 4.78 is 6.99. The van der Waals surface area contributed by atoms with Crippen molar-refractivity contribution in [3.63, 3.8) is 0 Å². The van der Waals surface area contributed by atoms with E-state index in [4.69, 9.17) is 4.74 Å². The summed E-state index contributed by atoms with van der Waals surface area (Å²) >= 11 is 1.32. The molecular formula is C16H20N4O3S. The molecule has 24 heavy (non-hydrogen) atoms. The minimum atomic E-state index is -0.144. The Morgan fingerprint density at radius 3 is 2.58 bits per heavy atom. The highest BCUT2D eigenvalue weighted by atomic mass is 32.2. The van der Waals surface area contributed by atoms with E-state index < -0.39 is 0 Å². The van der Waals surface area contributed by atoms with Gasteiger partial charge in [-0.3, -0.25) is 9.59 Å². The molecule has 1 aromatic heterocycles. The number of nitrogens with zero attached hydrogens (tertiary/aromatic N) is 3. The van der Waals surface area contributed by atoms with Gasteiger partial charge in [-0.1, -0.05) is 11.8 Å². The van der Waals surface area contributed by atoms with Crippen molar-refractivity contribution in [3.8, 4) is 0 Å². The normalized spacial score (nSPS) is 10.6. The highest BCUT2D eigenvalue weighted by Gasteiger charge is 2.12. The first-order chi connectivity index (χ1) is 11.5. The number of hydrogen-bond acceptors (Lipinski definition) is 6. The Morgan fingerprint density at radius 1 is 1.25 bits per heavy atom. The number of aryl methyl sites for hydroxylation is 1. The first-order valence-electron chi connectivity index (χ1n) is 7.43. The molecule has 0 radical (unpaired) electrons. The van der Waals surface area contributed by atoms with Gasteiger partial charge >= 0.3 is 0 Å². The van der Waals surface area contributed by atoms with Crippen molar-refractivity contribution in [1.82, 2.24) is 14.8 Å². The number of rotatable bonds is 8. The van der Waals surface area contributed by atoms with E-state index in [2.05, 4.69) is 15.5 Å². The number of amides is 1. The van der Waals surface area contributed by atoms with Gasteiger partial charge in [-0.15, -0.1) is 10.2 Å². The van der Waals surface area contributed by atoms with Crippen molar-refractivity contribution in [2.24, 2.45) is 0 Å². The SMILES string of the molecule is COCCn1c(C)nnc1SCC(=O)Nc1ccc(C(C)=O)cc1. The first-order valence-corrected chi connectivity index (χ1v) is 8.42. The predicted molar refractivity (Wildman–Crippen MR) is 92.4 cm³/mol. The van der Waals surface area contributed by atoms with Crippen molar-refractivity contribution in [2.75, 3.05) is 24.8 Å². The van der Waals surface area contributed by atoms with E-state index in [0.717, 1.165) is 5.82 Å². The van der Waals surface area contributed by atoms with Crippen LogP contribution in [0.4, 0.5) is 5.69 Å². The van der Waals surface area contributed by atoms with Gasteiger partial charge in [0.05, 0.1) is 12.4 Å². The minimum Gasteiger partial charge on any atom is -0.383 e. The second-order valence-electron chi connectivity index (χ2n) is 5.14. The lowest BCUT2D eigenvalue weighted by Crippen LogP contribution is -2.15. The number of nitrogens with one attached hydrogen (secondary N) is 1. The Balaban J connectivity index is 1.90. The second-order valence-corrected chi connectivity index (χ2v) is 6.09. The summed E-state index contributed by atoms with van der Waals surface area (Å²) in [5, 5.41) is 11.6. The Bertz CT molecular complexity index is 713. The average molecular weight is 348 g/mol. The standard InChI is InChI=1S/C16H20N4O3S/c1-11(21)13-4-6-14(7-5-13)17-15(22)10-24-16-19-18-12(2)20(16)8-9-23-3/h4-7H,8-10H2,1-3H3,(H,17,22). The van der Waals surface area contributed by atoms with Crippen molar-refractivity contribution in [2.45, 2.75) is 25.5 Å². The maximum absolute atomic E-state index is 12.1. The molecule has 0 saturated carbocycles. The number of Topliss-reactive ketones (excluding diaryl/α,β-unsaturated/α-hetero) is 1. The van der Waals surface area contributed by atoms with Gasteiger partial charge in [-0.25, -0.2) is 0 Å². The molecule has 1 N–H and O–H groups in total. The van der Waals surface area contributed by atoms with Gasteiger partial charge in [-0.2, -0.15) is 0 Å². The maximum Gasteiger partial charge on any atom is 0.234 e. The summed E-state index contributed by atoms with van der Waals surface area (Å²) in [4.78, 5) is 23.3. The smallest absolute Gasteiger partial charge is 0.234 e. The van der Waals surface area contributed by atoms with Gasteiger partial charge in [0.2, 0.25) is 5.91 Å². The zero-order chi connectivity index (χ0) is 17.5. The second kappa shape index (κ2) is 8.60. The number of hydrogen-bond donors (Lipinski definition) is 1. The molecule has 2 rings (SSSR count). The quantitative estimate of drug-likeness (QED) is 0.581. The Morgan fingerprint density at radius 2 is 1.96 bits per heavy atom. The molecule has 0 saturated heterocycles. The zero-order valence-electron chi connectivity index (χ0n) is 13.9. The van der Waals surface area contributed by atoms with Gasteiger partial charge in [0, 0.05) is 24.9 Å². The van der Waals surface area contributed by atoms with Gasteiger partial charge in [0.1, 0.15) is 5.82 Å².